The second-order valence-electron chi connectivity index (χ2n) is 4.19. The predicted molar refractivity (Wildman–Crippen MR) is 60.1 cm³/mol. The molecule has 0 aromatic heterocycles. The van der Waals surface area contributed by atoms with Crippen molar-refractivity contribution < 1.29 is 13.5 Å². The predicted octanol–water partition coefficient (Wildman–Crippen LogP) is 0.821. The highest BCUT2D eigenvalue weighted by Crippen LogP contribution is 2.23. The Morgan fingerprint density at radius 1 is 1.47 bits per heavy atom. The molecular weight excluding hydrogens is 214 g/mol. The summed E-state index contributed by atoms with van der Waals surface area (Å²) in [5.74, 6) is 0.626. The molecular formula is C10H21NO3S. The lowest BCUT2D eigenvalue weighted by Crippen LogP contribution is -2.31. The van der Waals surface area contributed by atoms with E-state index < -0.39 is 10.0 Å². The minimum absolute atomic E-state index is 0.0501. The van der Waals surface area contributed by atoms with Gasteiger partial charge in [-0.1, -0.05) is 13.3 Å². The molecule has 1 heterocycles. The Balaban J connectivity index is 2.45. The van der Waals surface area contributed by atoms with Crippen molar-refractivity contribution in [3.8, 4) is 0 Å². The van der Waals surface area contributed by atoms with Crippen LogP contribution in [0, 0.1) is 5.92 Å². The summed E-state index contributed by atoms with van der Waals surface area (Å²) in [5, 5.41) is 8.63. The first kappa shape index (κ1) is 12.9. The van der Waals surface area contributed by atoms with Gasteiger partial charge in [-0.25, -0.2) is 12.7 Å². The molecule has 4 nitrogen and oxygen atoms in total. The molecule has 1 saturated heterocycles. The maximum Gasteiger partial charge on any atom is 0.214 e. The first-order chi connectivity index (χ1) is 7.10. The van der Waals surface area contributed by atoms with Gasteiger partial charge in [0.25, 0.3) is 0 Å². The van der Waals surface area contributed by atoms with Crippen molar-refractivity contribution in [2.24, 2.45) is 5.92 Å². The summed E-state index contributed by atoms with van der Waals surface area (Å²) >= 11 is 0. The molecule has 1 unspecified atom stereocenters. The topological polar surface area (TPSA) is 57.6 Å². The normalized spacial score (nSPS) is 23.5. The van der Waals surface area contributed by atoms with Gasteiger partial charge in [-0.05, 0) is 25.2 Å². The molecule has 1 rings (SSSR count). The molecule has 0 spiro atoms. The number of aliphatic hydroxyl groups is 1. The van der Waals surface area contributed by atoms with Gasteiger partial charge < -0.3 is 5.11 Å². The average Bonchev–Trinajstić information content (AvgIpc) is 2.65. The van der Waals surface area contributed by atoms with Crippen LogP contribution in [0.2, 0.25) is 0 Å². The maximum atomic E-state index is 11.8. The van der Waals surface area contributed by atoms with Crippen LogP contribution in [0.3, 0.4) is 0 Å². The number of rotatable bonds is 6. The van der Waals surface area contributed by atoms with Crippen LogP contribution in [0.4, 0.5) is 0 Å². The summed E-state index contributed by atoms with van der Waals surface area (Å²) in [6, 6.07) is 0. The number of hydrogen-bond acceptors (Lipinski definition) is 3. The van der Waals surface area contributed by atoms with Gasteiger partial charge in [0.05, 0.1) is 5.75 Å². The van der Waals surface area contributed by atoms with Gasteiger partial charge >= 0.3 is 0 Å². The molecule has 1 aliphatic rings. The van der Waals surface area contributed by atoms with Crippen LogP contribution in [0.15, 0.2) is 0 Å². The molecule has 0 saturated carbocycles. The molecule has 1 aliphatic heterocycles. The fourth-order valence-corrected chi connectivity index (χ4v) is 3.64. The van der Waals surface area contributed by atoms with Crippen LogP contribution in [0.25, 0.3) is 0 Å². The molecule has 15 heavy (non-hydrogen) atoms. The third-order valence-corrected chi connectivity index (χ3v) is 4.82. The second-order valence-corrected chi connectivity index (χ2v) is 6.28. The maximum absolute atomic E-state index is 11.8. The summed E-state index contributed by atoms with van der Waals surface area (Å²) in [6.07, 6.45) is 3.57. The van der Waals surface area contributed by atoms with E-state index in [9.17, 15) is 8.42 Å². The summed E-state index contributed by atoms with van der Waals surface area (Å²) in [6.45, 7) is 3.43. The van der Waals surface area contributed by atoms with Crippen molar-refractivity contribution in [3.05, 3.63) is 0 Å². The van der Waals surface area contributed by atoms with Gasteiger partial charge in [0.2, 0.25) is 10.0 Å². The fourth-order valence-electron chi connectivity index (χ4n) is 2.07. The monoisotopic (exact) mass is 235 g/mol. The zero-order chi connectivity index (χ0) is 11.3. The lowest BCUT2D eigenvalue weighted by atomic mass is 10.0. The van der Waals surface area contributed by atoms with E-state index in [0.29, 0.717) is 25.4 Å². The van der Waals surface area contributed by atoms with Gasteiger partial charge in [0, 0.05) is 19.7 Å². The van der Waals surface area contributed by atoms with Crippen LogP contribution in [0.1, 0.15) is 32.6 Å². The highest BCUT2D eigenvalue weighted by molar-refractivity contribution is 7.89. The fraction of sp³-hybridized carbons (Fsp3) is 1.00. The molecule has 0 aromatic rings. The summed E-state index contributed by atoms with van der Waals surface area (Å²) < 4.78 is 25.1. The second kappa shape index (κ2) is 5.82. The first-order valence-electron chi connectivity index (χ1n) is 5.69. The van der Waals surface area contributed by atoms with Crippen LogP contribution in [0.5, 0.6) is 0 Å². The molecule has 1 atom stereocenters. The minimum atomic E-state index is -3.10. The SMILES string of the molecule is CCCC1CCN(S(=O)(=O)CCCO)C1. The lowest BCUT2D eigenvalue weighted by molar-refractivity contribution is 0.294. The molecule has 90 valence electrons. The van der Waals surface area contributed by atoms with Crippen molar-refractivity contribution in [1.29, 1.82) is 0 Å². The van der Waals surface area contributed by atoms with E-state index in [1.165, 1.54) is 0 Å². The van der Waals surface area contributed by atoms with Crippen molar-refractivity contribution in [2.75, 3.05) is 25.4 Å². The third-order valence-electron chi connectivity index (χ3n) is 2.90. The van der Waals surface area contributed by atoms with Gasteiger partial charge in [0.15, 0.2) is 0 Å². The average molecular weight is 235 g/mol. The molecule has 1 fully saturated rings. The Kier molecular flexibility index (Phi) is 5.02. The van der Waals surface area contributed by atoms with Crippen molar-refractivity contribution in [2.45, 2.75) is 32.6 Å². The Bertz CT molecular complexity index is 276. The smallest absolute Gasteiger partial charge is 0.214 e. The highest BCUT2D eigenvalue weighted by Gasteiger charge is 2.30. The molecule has 0 aromatic carbocycles. The number of sulfonamides is 1. The Morgan fingerprint density at radius 2 is 2.20 bits per heavy atom. The van der Waals surface area contributed by atoms with E-state index in [4.69, 9.17) is 5.11 Å². The number of nitrogens with zero attached hydrogens (tertiary/aromatic N) is 1. The summed E-state index contributed by atoms with van der Waals surface area (Å²) in [4.78, 5) is 0. The van der Waals surface area contributed by atoms with Gasteiger partial charge in [-0.2, -0.15) is 0 Å². The first-order valence-corrected chi connectivity index (χ1v) is 7.29. The summed E-state index contributed by atoms with van der Waals surface area (Å²) in [5.41, 5.74) is 0. The van der Waals surface area contributed by atoms with Crippen LogP contribution in [-0.2, 0) is 10.0 Å². The number of hydrogen-bond donors (Lipinski definition) is 1. The summed E-state index contributed by atoms with van der Waals surface area (Å²) in [7, 11) is -3.10. The lowest BCUT2D eigenvalue weighted by Gasteiger charge is -2.15. The Morgan fingerprint density at radius 3 is 2.80 bits per heavy atom. The van der Waals surface area contributed by atoms with Crippen molar-refractivity contribution in [1.82, 2.24) is 4.31 Å². The van der Waals surface area contributed by atoms with E-state index in [1.54, 1.807) is 4.31 Å². The van der Waals surface area contributed by atoms with E-state index in [2.05, 4.69) is 6.92 Å². The quantitative estimate of drug-likeness (QED) is 0.741. The van der Waals surface area contributed by atoms with Gasteiger partial charge in [-0.3, -0.25) is 0 Å². The number of aliphatic hydroxyl groups excluding tert-OH is 1. The largest absolute Gasteiger partial charge is 0.396 e. The molecule has 0 radical (unpaired) electrons. The van der Waals surface area contributed by atoms with E-state index in [-0.39, 0.29) is 12.4 Å². The van der Waals surface area contributed by atoms with Crippen molar-refractivity contribution in [3.63, 3.8) is 0 Å². The third kappa shape index (κ3) is 3.74. The van der Waals surface area contributed by atoms with Crippen LogP contribution in [-0.4, -0.2) is 43.3 Å². The van der Waals surface area contributed by atoms with E-state index in [1.807, 2.05) is 0 Å². The van der Waals surface area contributed by atoms with E-state index in [0.717, 1.165) is 19.3 Å². The molecule has 0 bridgehead atoms. The molecule has 0 amide bonds. The van der Waals surface area contributed by atoms with Gasteiger partial charge in [-0.15, -0.1) is 0 Å². The molecule has 1 N–H and O–H groups in total. The Labute approximate surface area is 92.3 Å². The highest BCUT2D eigenvalue weighted by atomic mass is 32.2. The zero-order valence-electron chi connectivity index (χ0n) is 9.35. The van der Waals surface area contributed by atoms with Crippen LogP contribution < -0.4 is 0 Å². The Hall–Kier alpha value is -0.130. The molecule has 5 heteroatoms. The molecule has 0 aliphatic carbocycles. The van der Waals surface area contributed by atoms with E-state index >= 15 is 0 Å². The van der Waals surface area contributed by atoms with Crippen LogP contribution >= 0.6 is 0 Å². The standard InChI is InChI=1S/C10H21NO3S/c1-2-4-10-5-6-11(9-10)15(13,14)8-3-7-12/h10,12H,2-9H2,1H3. The zero-order valence-corrected chi connectivity index (χ0v) is 10.2. The van der Waals surface area contributed by atoms with Gasteiger partial charge in [0.1, 0.15) is 0 Å². The van der Waals surface area contributed by atoms with Crippen molar-refractivity contribution >= 4 is 10.0 Å². The minimum Gasteiger partial charge on any atom is -0.396 e.